The number of carbonyl (C=O) groups excluding carboxylic acids is 2. The van der Waals surface area contributed by atoms with Crippen LogP contribution >= 0.6 is 0 Å². The van der Waals surface area contributed by atoms with Gasteiger partial charge < -0.3 is 9.13 Å². The summed E-state index contributed by atoms with van der Waals surface area (Å²) < 4.78 is 4.03. The lowest BCUT2D eigenvalue weighted by Crippen LogP contribution is -2.04. The molecule has 0 bridgehead atoms. The van der Waals surface area contributed by atoms with Gasteiger partial charge in [0, 0.05) is 46.3 Å². The third kappa shape index (κ3) is 4.30. The van der Waals surface area contributed by atoms with Crippen molar-refractivity contribution in [3.05, 3.63) is 93.8 Å². The van der Waals surface area contributed by atoms with Crippen molar-refractivity contribution < 1.29 is 9.59 Å². The molecule has 0 N–H and O–H groups in total. The highest BCUT2D eigenvalue weighted by Gasteiger charge is 2.13. The predicted molar refractivity (Wildman–Crippen MR) is 126 cm³/mol. The average molecular weight is 429 g/mol. The minimum absolute atomic E-state index is 0.725. The number of rotatable bonds is 4. The molecule has 0 unspecified atom stereocenters. The van der Waals surface area contributed by atoms with Crippen molar-refractivity contribution in [1.29, 1.82) is 0 Å². The maximum atomic E-state index is 10.9. The normalized spacial score (nSPS) is 10.4. The van der Waals surface area contributed by atoms with E-state index in [4.69, 9.17) is 0 Å². The lowest BCUT2D eigenvalue weighted by atomic mass is 10.2. The predicted octanol–water partition coefficient (Wildman–Crippen LogP) is 5.22. The summed E-state index contributed by atoms with van der Waals surface area (Å²) in [5.74, 6) is 1.79. The van der Waals surface area contributed by atoms with Crippen LogP contribution in [0.5, 0.6) is 0 Å². The second kappa shape index (κ2) is 9.56. The molecule has 0 amide bonds. The van der Waals surface area contributed by atoms with Crippen LogP contribution in [0.1, 0.15) is 54.6 Å². The summed E-state index contributed by atoms with van der Waals surface area (Å²) in [5.41, 5.74) is 7.58. The molecule has 0 aliphatic carbocycles. The number of hydrogen-bond acceptors (Lipinski definition) is 4. The summed E-state index contributed by atoms with van der Waals surface area (Å²) >= 11 is 0. The third-order valence-electron chi connectivity index (χ3n) is 5.58. The average Bonchev–Trinajstić information content (AvgIpc) is 3.23. The van der Waals surface area contributed by atoms with Crippen LogP contribution in [0.2, 0.25) is 0 Å². The van der Waals surface area contributed by atoms with Gasteiger partial charge in [0.1, 0.15) is 11.6 Å². The highest BCUT2D eigenvalue weighted by Crippen LogP contribution is 2.21. The van der Waals surface area contributed by atoms with Gasteiger partial charge >= 0.3 is 0 Å². The summed E-state index contributed by atoms with van der Waals surface area (Å²) in [7, 11) is 0. The highest BCUT2D eigenvalue weighted by atomic mass is 16.1. The molecule has 0 saturated carbocycles. The molecule has 4 aromatic rings. The SMILES string of the molecule is Cc1cccnc1-n1c(C)cc(C=O)c1C.Cc1cccnc1-n1c(C)cc(C=O)c1C. The maximum Gasteiger partial charge on any atom is 0.151 e. The fourth-order valence-electron chi connectivity index (χ4n) is 3.89. The zero-order valence-corrected chi connectivity index (χ0v) is 19.4. The number of carbonyl (C=O) groups is 2. The third-order valence-corrected chi connectivity index (χ3v) is 5.58. The molecule has 0 radical (unpaired) electrons. The Morgan fingerprint density at radius 3 is 1.31 bits per heavy atom. The summed E-state index contributed by atoms with van der Waals surface area (Å²) in [5, 5.41) is 0. The van der Waals surface area contributed by atoms with E-state index >= 15 is 0 Å². The van der Waals surface area contributed by atoms with Crippen LogP contribution in [0.15, 0.2) is 48.8 Å². The smallest absolute Gasteiger partial charge is 0.151 e. The van der Waals surface area contributed by atoms with Crippen molar-refractivity contribution in [2.24, 2.45) is 0 Å². The Kier molecular flexibility index (Phi) is 6.83. The van der Waals surface area contributed by atoms with Crippen molar-refractivity contribution in [2.75, 3.05) is 0 Å². The van der Waals surface area contributed by atoms with Gasteiger partial charge in [0.15, 0.2) is 12.6 Å². The van der Waals surface area contributed by atoms with Gasteiger partial charge in [-0.2, -0.15) is 0 Å². The molecule has 4 aromatic heterocycles. The van der Waals surface area contributed by atoms with Crippen molar-refractivity contribution in [2.45, 2.75) is 41.5 Å². The van der Waals surface area contributed by atoms with E-state index in [1.165, 1.54) is 0 Å². The summed E-state index contributed by atoms with van der Waals surface area (Å²) in [6.07, 6.45) is 5.30. The summed E-state index contributed by atoms with van der Waals surface area (Å²) in [6, 6.07) is 11.6. The number of pyridine rings is 2. The molecule has 4 rings (SSSR count). The molecule has 0 atom stereocenters. The van der Waals surface area contributed by atoms with Crippen LogP contribution in [-0.2, 0) is 0 Å². The zero-order valence-electron chi connectivity index (χ0n) is 19.4. The molecule has 32 heavy (non-hydrogen) atoms. The summed E-state index contributed by atoms with van der Waals surface area (Å²) in [6.45, 7) is 11.9. The fraction of sp³-hybridized carbons (Fsp3) is 0.231. The van der Waals surface area contributed by atoms with E-state index in [-0.39, 0.29) is 0 Å². The van der Waals surface area contributed by atoms with Crippen LogP contribution in [0.25, 0.3) is 11.6 Å². The van der Waals surface area contributed by atoms with Crippen LogP contribution in [0.3, 0.4) is 0 Å². The first-order valence-electron chi connectivity index (χ1n) is 10.4. The van der Waals surface area contributed by atoms with E-state index in [1.807, 2.05) is 87.1 Å². The first kappa shape index (κ1) is 22.9. The van der Waals surface area contributed by atoms with Gasteiger partial charge in [0.2, 0.25) is 0 Å². The minimum Gasteiger partial charge on any atom is -0.302 e. The highest BCUT2D eigenvalue weighted by molar-refractivity contribution is 5.78. The number of aldehydes is 2. The lowest BCUT2D eigenvalue weighted by Gasteiger charge is -2.10. The Bertz CT molecular complexity index is 1180. The molecular weight excluding hydrogens is 400 g/mol. The second-order valence-electron chi connectivity index (χ2n) is 7.85. The van der Waals surface area contributed by atoms with Gasteiger partial charge in [-0.05, 0) is 76.9 Å². The van der Waals surface area contributed by atoms with Crippen LogP contribution in [-0.4, -0.2) is 31.7 Å². The van der Waals surface area contributed by atoms with Gasteiger partial charge in [0.25, 0.3) is 0 Å². The molecular formula is C26H28N4O2. The van der Waals surface area contributed by atoms with Crippen molar-refractivity contribution in [1.82, 2.24) is 19.1 Å². The van der Waals surface area contributed by atoms with Gasteiger partial charge in [-0.3, -0.25) is 9.59 Å². The Morgan fingerprint density at radius 2 is 1.03 bits per heavy atom. The Morgan fingerprint density at radius 1 is 0.656 bits per heavy atom. The Labute approximate surface area is 188 Å². The standard InChI is InChI=1S/2C13H14N2O/c2*1-9-5-4-6-14-13(9)15-10(2)7-12(8-16)11(15)3/h2*4-8H,1-3H3. The minimum atomic E-state index is 0.725. The number of aromatic nitrogens is 4. The van der Waals surface area contributed by atoms with E-state index in [9.17, 15) is 9.59 Å². The molecule has 0 fully saturated rings. The van der Waals surface area contributed by atoms with E-state index in [0.717, 1.165) is 69.2 Å². The topological polar surface area (TPSA) is 69.8 Å². The van der Waals surface area contributed by atoms with Crippen LogP contribution in [0, 0.1) is 41.5 Å². The Hall–Kier alpha value is -3.80. The maximum absolute atomic E-state index is 10.9. The molecule has 0 aliphatic rings. The van der Waals surface area contributed by atoms with E-state index in [0.29, 0.717) is 0 Å². The van der Waals surface area contributed by atoms with Gasteiger partial charge in [-0.15, -0.1) is 0 Å². The van der Waals surface area contributed by atoms with Crippen molar-refractivity contribution in [3.8, 4) is 11.6 Å². The van der Waals surface area contributed by atoms with Gasteiger partial charge in [-0.25, -0.2) is 9.97 Å². The Balaban J connectivity index is 0.000000181. The quantitative estimate of drug-likeness (QED) is 0.418. The van der Waals surface area contributed by atoms with Crippen LogP contribution < -0.4 is 0 Å². The molecule has 0 aliphatic heterocycles. The van der Waals surface area contributed by atoms with Gasteiger partial charge in [0.05, 0.1) is 0 Å². The second-order valence-corrected chi connectivity index (χ2v) is 7.85. The lowest BCUT2D eigenvalue weighted by molar-refractivity contribution is 0.111. The molecule has 0 spiro atoms. The van der Waals surface area contributed by atoms with E-state index < -0.39 is 0 Å². The number of nitrogens with zero attached hydrogens (tertiary/aromatic N) is 4. The largest absolute Gasteiger partial charge is 0.302 e. The molecule has 6 nitrogen and oxygen atoms in total. The van der Waals surface area contributed by atoms with Crippen molar-refractivity contribution in [3.63, 3.8) is 0 Å². The molecule has 4 heterocycles. The zero-order chi connectivity index (χ0) is 23.4. The molecule has 6 heteroatoms. The van der Waals surface area contributed by atoms with E-state index in [1.54, 1.807) is 12.4 Å². The first-order chi connectivity index (χ1) is 15.3. The van der Waals surface area contributed by atoms with Crippen LogP contribution in [0.4, 0.5) is 0 Å². The number of hydrogen-bond donors (Lipinski definition) is 0. The molecule has 164 valence electrons. The van der Waals surface area contributed by atoms with Crippen molar-refractivity contribution >= 4 is 12.6 Å². The first-order valence-corrected chi connectivity index (χ1v) is 10.4. The van der Waals surface area contributed by atoms with E-state index in [2.05, 4.69) is 9.97 Å². The summed E-state index contributed by atoms with van der Waals surface area (Å²) in [4.78, 5) is 30.5. The monoisotopic (exact) mass is 428 g/mol. The fourth-order valence-corrected chi connectivity index (χ4v) is 3.89. The molecule has 0 saturated heterocycles. The van der Waals surface area contributed by atoms with Gasteiger partial charge in [-0.1, -0.05) is 12.1 Å². The molecule has 0 aromatic carbocycles. The number of aryl methyl sites for hydroxylation is 4.